The van der Waals surface area contributed by atoms with Crippen LogP contribution in [0.5, 0.6) is 0 Å². The second-order valence-electron chi connectivity index (χ2n) is 11.8. The normalized spacial score (nSPS) is 12.2. The monoisotopic (exact) mass is 547 g/mol. The molecule has 42 heavy (non-hydrogen) atoms. The predicted octanol–water partition coefficient (Wildman–Crippen LogP) is 11.4. The molecule has 0 radical (unpaired) electrons. The molecule has 0 heterocycles. The summed E-state index contributed by atoms with van der Waals surface area (Å²) in [7, 11) is 0. The lowest BCUT2D eigenvalue weighted by Gasteiger charge is -2.16. The summed E-state index contributed by atoms with van der Waals surface area (Å²) in [6.07, 6.45) is 5.72. The minimum Gasteiger partial charge on any atom is -0.324 e. The molecule has 1 nitrogen and oxygen atoms in total. The number of nitrogens with two attached hydrogens (primary N) is 1. The van der Waals surface area contributed by atoms with Crippen molar-refractivity contribution in [1.29, 1.82) is 0 Å². The molecule has 0 saturated heterocycles. The Kier molecular flexibility index (Phi) is 8.22. The molecular weight excluding hydrogens is 506 g/mol. The van der Waals surface area contributed by atoms with E-state index in [9.17, 15) is 0 Å². The molecule has 6 aromatic carbocycles. The quantitative estimate of drug-likeness (QED) is 0.179. The van der Waals surface area contributed by atoms with Gasteiger partial charge in [0.25, 0.3) is 0 Å². The molecular formula is C41H41N. The summed E-state index contributed by atoms with van der Waals surface area (Å²) in [4.78, 5) is 0. The Morgan fingerprint density at radius 3 is 1.74 bits per heavy atom. The number of hydrogen-bond acceptors (Lipinski definition) is 1. The predicted molar refractivity (Wildman–Crippen MR) is 183 cm³/mol. The number of rotatable bonds is 9. The second-order valence-corrected chi connectivity index (χ2v) is 11.8. The van der Waals surface area contributed by atoms with Gasteiger partial charge in [-0.2, -0.15) is 0 Å². The van der Waals surface area contributed by atoms with Crippen LogP contribution in [-0.2, 0) is 6.42 Å². The molecule has 1 unspecified atom stereocenters. The van der Waals surface area contributed by atoms with Crippen LogP contribution < -0.4 is 5.73 Å². The van der Waals surface area contributed by atoms with Crippen LogP contribution in [-0.4, -0.2) is 0 Å². The Morgan fingerprint density at radius 2 is 1.17 bits per heavy atom. The average Bonchev–Trinajstić information content (AvgIpc) is 3.03. The van der Waals surface area contributed by atoms with E-state index in [-0.39, 0.29) is 6.04 Å². The van der Waals surface area contributed by atoms with Crippen LogP contribution in [0.2, 0.25) is 0 Å². The highest BCUT2D eigenvalue weighted by atomic mass is 14.6. The molecule has 0 spiro atoms. The average molecular weight is 548 g/mol. The van der Waals surface area contributed by atoms with E-state index >= 15 is 0 Å². The van der Waals surface area contributed by atoms with Crippen molar-refractivity contribution < 1.29 is 0 Å². The molecule has 6 aromatic rings. The van der Waals surface area contributed by atoms with Crippen LogP contribution >= 0.6 is 0 Å². The van der Waals surface area contributed by atoms with Crippen molar-refractivity contribution in [2.24, 2.45) is 5.73 Å². The zero-order valence-corrected chi connectivity index (χ0v) is 25.2. The van der Waals surface area contributed by atoms with Crippen LogP contribution in [0.25, 0.3) is 54.9 Å². The summed E-state index contributed by atoms with van der Waals surface area (Å²) in [5.41, 5.74) is 17.9. The lowest BCUT2D eigenvalue weighted by molar-refractivity contribution is 0.638. The number of fused-ring (bicyclic) bond motifs is 2. The van der Waals surface area contributed by atoms with Crippen molar-refractivity contribution in [2.45, 2.75) is 58.9 Å². The fraction of sp³-hybridized carbons (Fsp3) is 0.220. The van der Waals surface area contributed by atoms with Crippen molar-refractivity contribution in [1.82, 2.24) is 0 Å². The Morgan fingerprint density at radius 1 is 0.595 bits per heavy atom. The van der Waals surface area contributed by atoms with Gasteiger partial charge in [-0.15, -0.1) is 0 Å². The van der Waals surface area contributed by atoms with Crippen LogP contribution in [0.15, 0.2) is 115 Å². The smallest absolute Gasteiger partial charge is 0.0294 e. The van der Waals surface area contributed by atoms with E-state index in [1.165, 1.54) is 84.5 Å². The van der Waals surface area contributed by atoms with Crippen LogP contribution in [0, 0.1) is 6.92 Å². The summed E-state index contributed by atoms with van der Waals surface area (Å²) < 4.78 is 0. The van der Waals surface area contributed by atoms with E-state index in [4.69, 9.17) is 5.73 Å². The first kappa shape index (κ1) is 27.9. The van der Waals surface area contributed by atoms with Gasteiger partial charge >= 0.3 is 0 Å². The van der Waals surface area contributed by atoms with Gasteiger partial charge in [-0.3, -0.25) is 0 Å². The van der Waals surface area contributed by atoms with Crippen molar-refractivity contribution in [3.8, 4) is 33.4 Å². The molecule has 1 heteroatoms. The Bertz CT molecular complexity index is 1830. The van der Waals surface area contributed by atoms with Gasteiger partial charge in [0, 0.05) is 6.04 Å². The maximum atomic E-state index is 6.39. The van der Waals surface area contributed by atoms with Crippen molar-refractivity contribution in [3.63, 3.8) is 0 Å². The third-order valence-corrected chi connectivity index (χ3v) is 8.75. The van der Waals surface area contributed by atoms with Crippen LogP contribution in [0.1, 0.15) is 62.3 Å². The summed E-state index contributed by atoms with van der Waals surface area (Å²) in [6, 6.07) is 43.1. The number of hydrogen-bond donors (Lipinski definition) is 1. The molecule has 0 saturated carbocycles. The molecule has 0 aromatic heterocycles. The second kappa shape index (κ2) is 12.3. The minimum atomic E-state index is 0.102. The molecule has 1 atom stereocenters. The molecule has 2 N–H and O–H groups in total. The zero-order valence-electron chi connectivity index (χ0n) is 25.2. The highest BCUT2D eigenvalue weighted by molar-refractivity contribution is 6.14. The third kappa shape index (κ3) is 5.62. The first-order valence-corrected chi connectivity index (χ1v) is 15.6. The summed E-state index contributed by atoms with van der Waals surface area (Å²) >= 11 is 0. The van der Waals surface area contributed by atoms with Crippen molar-refractivity contribution in [2.75, 3.05) is 0 Å². The van der Waals surface area contributed by atoms with E-state index in [0.717, 1.165) is 19.3 Å². The van der Waals surface area contributed by atoms with Crippen molar-refractivity contribution in [3.05, 3.63) is 132 Å². The highest BCUT2D eigenvalue weighted by Crippen LogP contribution is 2.40. The first-order valence-electron chi connectivity index (χ1n) is 15.6. The zero-order chi connectivity index (χ0) is 29.1. The molecule has 0 amide bonds. The molecule has 6 rings (SSSR count). The maximum Gasteiger partial charge on any atom is 0.0294 e. The van der Waals surface area contributed by atoms with Crippen LogP contribution in [0.4, 0.5) is 0 Å². The van der Waals surface area contributed by atoms with E-state index in [1.54, 1.807) is 0 Å². The first-order chi connectivity index (χ1) is 20.6. The van der Waals surface area contributed by atoms with Gasteiger partial charge in [-0.05, 0) is 116 Å². The highest BCUT2D eigenvalue weighted by Gasteiger charge is 2.14. The largest absolute Gasteiger partial charge is 0.324 e. The molecule has 0 aliphatic rings. The Labute approximate surface area is 251 Å². The SMILES string of the molecule is CCCCc1ccc(-c2ccc3c(-c4ccccc4C)c4ccc(-c5ccc(C(N)CCC)cc5)cc4cc3c2)cc1. The molecule has 0 aliphatic heterocycles. The van der Waals surface area contributed by atoms with Gasteiger partial charge in [0.15, 0.2) is 0 Å². The molecule has 0 aliphatic carbocycles. The van der Waals surface area contributed by atoms with Crippen LogP contribution in [0.3, 0.4) is 0 Å². The standard InChI is InChI=1S/C41H41N/c1-4-6-11-29-13-15-30(16-14-29)33-21-23-38-35(25-33)27-36-26-34(31-17-19-32(20-18-31)40(42)9-5-2)22-24-39(36)41(38)37-12-8-7-10-28(37)3/h7-8,10,12-27,40H,4-6,9,11,42H2,1-3H3. The lowest BCUT2D eigenvalue weighted by atomic mass is 9.87. The fourth-order valence-electron chi connectivity index (χ4n) is 6.28. The van der Waals surface area contributed by atoms with E-state index < -0.39 is 0 Å². The summed E-state index contributed by atoms with van der Waals surface area (Å²) in [5, 5.41) is 5.11. The van der Waals surface area contributed by atoms with Gasteiger partial charge in [0.1, 0.15) is 0 Å². The van der Waals surface area contributed by atoms with Gasteiger partial charge in [-0.1, -0.05) is 124 Å². The number of unbranched alkanes of at least 4 members (excludes halogenated alkanes) is 1. The summed E-state index contributed by atoms with van der Waals surface area (Å²) in [5.74, 6) is 0. The Balaban J connectivity index is 1.48. The maximum absolute atomic E-state index is 6.39. The fourth-order valence-corrected chi connectivity index (χ4v) is 6.28. The lowest BCUT2D eigenvalue weighted by Crippen LogP contribution is -2.09. The van der Waals surface area contributed by atoms with E-state index in [1.807, 2.05) is 0 Å². The van der Waals surface area contributed by atoms with Gasteiger partial charge in [0.2, 0.25) is 0 Å². The van der Waals surface area contributed by atoms with Crippen molar-refractivity contribution >= 4 is 21.5 Å². The number of aryl methyl sites for hydroxylation is 2. The Hall–Kier alpha value is -4.20. The third-order valence-electron chi connectivity index (χ3n) is 8.75. The van der Waals surface area contributed by atoms with Gasteiger partial charge < -0.3 is 5.73 Å². The van der Waals surface area contributed by atoms with E-state index in [2.05, 4.69) is 136 Å². The summed E-state index contributed by atoms with van der Waals surface area (Å²) in [6.45, 7) is 6.65. The minimum absolute atomic E-state index is 0.102. The van der Waals surface area contributed by atoms with Gasteiger partial charge in [0.05, 0.1) is 0 Å². The number of benzene rings is 6. The molecule has 0 fully saturated rings. The topological polar surface area (TPSA) is 26.0 Å². The van der Waals surface area contributed by atoms with Gasteiger partial charge in [-0.25, -0.2) is 0 Å². The molecule has 0 bridgehead atoms. The van der Waals surface area contributed by atoms with E-state index in [0.29, 0.717) is 0 Å². The molecule has 210 valence electrons.